The van der Waals surface area contributed by atoms with Crippen LogP contribution in [0.15, 0.2) is 24.4 Å². The first-order chi connectivity index (χ1) is 9.81. The van der Waals surface area contributed by atoms with Gasteiger partial charge in [0, 0.05) is 26.4 Å². The Morgan fingerprint density at radius 1 is 1.55 bits per heavy atom. The van der Waals surface area contributed by atoms with Crippen molar-refractivity contribution in [2.75, 3.05) is 33.4 Å². The van der Waals surface area contributed by atoms with Crippen LogP contribution in [0.3, 0.4) is 0 Å². The van der Waals surface area contributed by atoms with Crippen molar-refractivity contribution in [3.8, 4) is 0 Å². The standard InChI is InChI=1S/C15H23N3O2/c1-20-10-9-18(12-14-6-2-3-8-17-14)15(19)13-5-4-7-16-11-13/h2-3,6,8,13,16H,4-5,7,9-12H2,1H3/t13-/m0/s1. The number of hydrogen-bond acceptors (Lipinski definition) is 4. The summed E-state index contributed by atoms with van der Waals surface area (Å²) < 4.78 is 5.12. The van der Waals surface area contributed by atoms with E-state index in [0.717, 1.165) is 31.6 Å². The fourth-order valence-electron chi connectivity index (χ4n) is 2.48. The lowest BCUT2D eigenvalue weighted by atomic mass is 9.98. The third-order valence-corrected chi connectivity index (χ3v) is 3.60. The Morgan fingerprint density at radius 2 is 2.45 bits per heavy atom. The number of piperidine rings is 1. The smallest absolute Gasteiger partial charge is 0.227 e. The van der Waals surface area contributed by atoms with Crippen LogP contribution in [0.1, 0.15) is 18.5 Å². The van der Waals surface area contributed by atoms with Crippen LogP contribution in [0.4, 0.5) is 0 Å². The third-order valence-electron chi connectivity index (χ3n) is 3.60. The minimum atomic E-state index is 0.0873. The molecule has 1 aliphatic rings. The van der Waals surface area contributed by atoms with Gasteiger partial charge in [0.05, 0.1) is 24.8 Å². The molecule has 1 aromatic heterocycles. The zero-order valence-corrected chi connectivity index (χ0v) is 12.0. The lowest BCUT2D eigenvalue weighted by molar-refractivity contribution is -0.137. The van der Waals surface area contributed by atoms with Crippen LogP contribution in [0.25, 0.3) is 0 Å². The number of ether oxygens (including phenoxy) is 1. The van der Waals surface area contributed by atoms with Crippen LogP contribution < -0.4 is 5.32 Å². The molecule has 2 rings (SSSR count). The summed E-state index contributed by atoms with van der Waals surface area (Å²) in [4.78, 5) is 18.8. The quantitative estimate of drug-likeness (QED) is 0.844. The molecule has 1 saturated heterocycles. The summed E-state index contributed by atoms with van der Waals surface area (Å²) in [5.41, 5.74) is 0.917. The number of carbonyl (C=O) groups excluding carboxylic acids is 1. The van der Waals surface area contributed by atoms with Gasteiger partial charge in [-0.15, -0.1) is 0 Å². The van der Waals surface area contributed by atoms with E-state index in [4.69, 9.17) is 4.74 Å². The first-order valence-electron chi connectivity index (χ1n) is 7.19. The average Bonchev–Trinajstić information content (AvgIpc) is 2.52. The molecule has 0 aromatic carbocycles. The highest BCUT2D eigenvalue weighted by molar-refractivity contribution is 5.79. The maximum atomic E-state index is 12.6. The van der Waals surface area contributed by atoms with Gasteiger partial charge in [0.1, 0.15) is 0 Å². The van der Waals surface area contributed by atoms with Crippen LogP contribution in [0, 0.1) is 5.92 Å². The van der Waals surface area contributed by atoms with Gasteiger partial charge in [-0.3, -0.25) is 9.78 Å². The van der Waals surface area contributed by atoms with Crippen LogP contribution in [0.5, 0.6) is 0 Å². The highest BCUT2D eigenvalue weighted by Gasteiger charge is 2.25. The predicted molar refractivity (Wildman–Crippen MR) is 77.1 cm³/mol. The Morgan fingerprint density at radius 3 is 3.10 bits per heavy atom. The van der Waals surface area contributed by atoms with Crippen molar-refractivity contribution < 1.29 is 9.53 Å². The van der Waals surface area contributed by atoms with Gasteiger partial charge in [-0.05, 0) is 31.5 Å². The number of methoxy groups -OCH3 is 1. The minimum Gasteiger partial charge on any atom is -0.383 e. The molecule has 1 atom stereocenters. The van der Waals surface area contributed by atoms with Crippen molar-refractivity contribution in [2.45, 2.75) is 19.4 Å². The van der Waals surface area contributed by atoms with E-state index in [2.05, 4.69) is 10.3 Å². The first-order valence-corrected chi connectivity index (χ1v) is 7.19. The molecule has 1 fully saturated rings. The largest absolute Gasteiger partial charge is 0.383 e. The van der Waals surface area contributed by atoms with Gasteiger partial charge in [0.25, 0.3) is 0 Å². The Hall–Kier alpha value is -1.46. The summed E-state index contributed by atoms with van der Waals surface area (Å²) in [6, 6.07) is 5.78. The normalized spacial score (nSPS) is 18.8. The first kappa shape index (κ1) is 14.9. The van der Waals surface area contributed by atoms with E-state index in [1.54, 1.807) is 13.3 Å². The van der Waals surface area contributed by atoms with Gasteiger partial charge in [0.2, 0.25) is 5.91 Å². The van der Waals surface area contributed by atoms with Gasteiger partial charge in [-0.25, -0.2) is 0 Å². The van der Waals surface area contributed by atoms with Crippen molar-refractivity contribution in [2.24, 2.45) is 5.92 Å². The topological polar surface area (TPSA) is 54.5 Å². The van der Waals surface area contributed by atoms with E-state index < -0.39 is 0 Å². The van der Waals surface area contributed by atoms with Gasteiger partial charge in [-0.2, -0.15) is 0 Å². The van der Waals surface area contributed by atoms with E-state index in [9.17, 15) is 4.79 Å². The zero-order chi connectivity index (χ0) is 14.2. The average molecular weight is 277 g/mol. The molecule has 0 spiro atoms. The van der Waals surface area contributed by atoms with Gasteiger partial charge in [0.15, 0.2) is 0 Å². The maximum Gasteiger partial charge on any atom is 0.227 e. The Balaban J connectivity index is 2.00. The second-order valence-corrected chi connectivity index (χ2v) is 5.12. The highest BCUT2D eigenvalue weighted by atomic mass is 16.5. The molecule has 0 bridgehead atoms. The molecule has 1 aromatic rings. The summed E-state index contributed by atoms with van der Waals surface area (Å²) in [5, 5.41) is 3.30. The predicted octanol–water partition coefficient (Wildman–Crippen LogP) is 1.06. The Kier molecular flexibility index (Phi) is 5.95. The number of nitrogens with zero attached hydrogens (tertiary/aromatic N) is 2. The number of rotatable bonds is 6. The van der Waals surface area contributed by atoms with Crippen molar-refractivity contribution in [1.82, 2.24) is 15.2 Å². The van der Waals surface area contributed by atoms with E-state index >= 15 is 0 Å². The molecule has 1 aliphatic heterocycles. The van der Waals surface area contributed by atoms with Crippen LogP contribution in [-0.2, 0) is 16.1 Å². The molecule has 110 valence electrons. The van der Waals surface area contributed by atoms with E-state index in [1.807, 2.05) is 23.1 Å². The number of nitrogens with one attached hydrogen (secondary N) is 1. The number of pyridine rings is 1. The fraction of sp³-hybridized carbons (Fsp3) is 0.600. The molecule has 20 heavy (non-hydrogen) atoms. The van der Waals surface area contributed by atoms with Crippen LogP contribution in [-0.4, -0.2) is 49.1 Å². The van der Waals surface area contributed by atoms with Gasteiger partial charge in [-0.1, -0.05) is 6.07 Å². The Labute approximate surface area is 120 Å². The van der Waals surface area contributed by atoms with Crippen LogP contribution >= 0.6 is 0 Å². The summed E-state index contributed by atoms with van der Waals surface area (Å²) in [7, 11) is 1.66. The molecule has 1 amide bonds. The van der Waals surface area contributed by atoms with E-state index in [1.165, 1.54) is 0 Å². The summed E-state index contributed by atoms with van der Waals surface area (Å²) in [6.07, 6.45) is 3.80. The lowest BCUT2D eigenvalue weighted by Crippen LogP contribution is -2.44. The number of hydrogen-bond donors (Lipinski definition) is 1. The maximum absolute atomic E-state index is 12.6. The lowest BCUT2D eigenvalue weighted by Gasteiger charge is -2.29. The second-order valence-electron chi connectivity index (χ2n) is 5.12. The summed E-state index contributed by atoms with van der Waals surface area (Å²) >= 11 is 0. The molecule has 2 heterocycles. The molecular weight excluding hydrogens is 254 g/mol. The molecule has 5 nitrogen and oxygen atoms in total. The molecule has 0 saturated carbocycles. The van der Waals surface area contributed by atoms with Crippen molar-refractivity contribution in [3.63, 3.8) is 0 Å². The second kappa shape index (κ2) is 7.97. The van der Waals surface area contributed by atoms with Crippen molar-refractivity contribution in [1.29, 1.82) is 0 Å². The number of aromatic nitrogens is 1. The van der Waals surface area contributed by atoms with Crippen molar-refractivity contribution >= 4 is 5.91 Å². The molecule has 0 unspecified atom stereocenters. The molecule has 5 heteroatoms. The van der Waals surface area contributed by atoms with Crippen LogP contribution in [0.2, 0.25) is 0 Å². The summed E-state index contributed by atoms with van der Waals surface area (Å²) in [6.45, 7) is 3.52. The molecule has 0 radical (unpaired) electrons. The Bertz CT molecular complexity index is 405. The zero-order valence-electron chi connectivity index (χ0n) is 12.0. The number of carbonyl (C=O) groups is 1. The summed E-state index contributed by atoms with van der Waals surface area (Å²) in [5.74, 6) is 0.296. The minimum absolute atomic E-state index is 0.0873. The molecular formula is C15H23N3O2. The monoisotopic (exact) mass is 277 g/mol. The van der Waals surface area contributed by atoms with Crippen molar-refractivity contribution in [3.05, 3.63) is 30.1 Å². The SMILES string of the molecule is COCCN(Cc1ccccn1)C(=O)[C@H]1CCCNC1. The highest BCUT2D eigenvalue weighted by Crippen LogP contribution is 2.15. The van der Waals surface area contributed by atoms with Gasteiger partial charge >= 0.3 is 0 Å². The fourth-order valence-corrected chi connectivity index (χ4v) is 2.48. The third kappa shape index (κ3) is 4.28. The van der Waals surface area contributed by atoms with E-state index in [0.29, 0.717) is 19.7 Å². The van der Waals surface area contributed by atoms with E-state index in [-0.39, 0.29) is 11.8 Å². The number of amides is 1. The molecule has 1 N–H and O–H groups in total. The van der Waals surface area contributed by atoms with Gasteiger partial charge < -0.3 is 15.0 Å². The molecule has 0 aliphatic carbocycles.